The van der Waals surface area contributed by atoms with E-state index in [1.165, 1.54) is 0 Å². The van der Waals surface area contributed by atoms with Gasteiger partial charge in [0, 0.05) is 29.9 Å². The average molecular weight is 245 g/mol. The zero-order valence-corrected chi connectivity index (χ0v) is 9.97. The molecule has 0 fully saturated rings. The summed E-state index contributed by atoms with van der Waals surface area (Å²) in [5.41, 5.74) is 1.48. The molecule has 2 N–H and O–H groups in total. The van der Waals surface area contributed by atoms with Gasteiger partial charge in [-0.2, -0.15) is 0 Å². The van der Waals surface area contributed by atoms with E-state index in [2.05, 4.69) is 16.9 Å². The van der Waals surface area contributed by atoms with Crippen molar-refractivity contribution in [2.24, 2.45) is 0 Å². The first-order valence-electron chi connectivity index (χ1n) is 5.67. The van der Waals surface area contributed by atoms with E-state index in [1.54, 1.807) is 23.0 Å². The Labute approximate surface area is 105 Å². The Kier molecular flexibility index (Phi) is 3.74. The molecule has 0 aliphatic heterocycles. The Morgan fingerprint density at radius 2 is 2.44 bits per heavy atom. The largest absolute Gasteiger partial charge is 0.392 e. The number of hydrogen-bond donors (Lipinski definition) is 2. The van der Waals surface area contributed by atoms with Crippen molar-refractivity contribution in [1.29, 1.82) is 0 Å². The number of rotatable bonds is 5. The fourth-order valence-corrected chi connectivity index (χ4v) is 1.84. The number of hydrogen-bond acceptors (Lipinski definition) is 3. The van der Waals surface area contributed by atoms with Gasteiger partial charge >= 0.3 is 0 Å². The van der Waals surface area contributed by atoms with Gasteiger partial charge in [0.2, 0.25) is 5.91 Å². The minimum absolute atomic E-state index is 0.0660. The van der Waals surface area contributed by atoms with Crippen LogP contribution in [0.5, 0.6) is 0 Å². The van der Waals surface area contributed by atoms with E-state index in [4.69, 9.17) is 0 Å². The molecule has 5 heteroatoms. The molecule has 0 aliphatic rings. The van der Waals surface area contributed by atoms with Gasteiger partial charge in [-0.3, -0.25) is 4.79 Å². The number of fused-ring (bicyclic) bond motifs is 1. The fraction of sp³-hybridized carbons (Fsp3) is 0.231. The van der Waals surface area contributed by atoms with Crippen molar-refractivity contribution in [2.45, 2.75) is 13.2 Å². The number of carbonyl (C=O) groups is 1. The third kappa shape index (κ3) is 2.41. The lowest BCUT2D eigenvalue weighted by molar-refractivity contribution is -0.121. The molecule has 0 radical (unpaired) electrons. The number of nitrogens with one attached hydrogen (secondary N) is 1. The predicted molar refractivity (Wildman–Crippen MR) is 68.9 cm³/mol. The minimum atomic E-state index is -0.109. The van der Waals surface area contributed by atoms with Gasteiger partial charge in [0.1, 0.15) is 12.2 Å². The fourth-order valence-electron chi connectivity index (χ4n) is 1.84. The van der Waals surface area contributed by atoms with Gasteiger partial charge < -0.3 is 15.0 Å². The Morgan fingerprint density at radius 3 is 3.17 bits per heavy atom. The summed E-state index contributed by atoms with van der Waals surface area (Å²) in [6.45, 7) is 4.10. The van der Waals surface area contributed by atoms with Crippen LogP contribution in [0.3, 0.4) is 0 Å². The topological polar surface area (TPSA) is 67.2 Å². The zero-order valence-electron chi connectivity index (χ0n) is 9.97. The lowest BCUT2D eigenvalue weighted by Gasteiger charge is -2.04. The normalized spacial score (nSPS) is 10.5. The number of pyridine rings is 1. The highest BCUT2D eigenvalue weighted by molar-refractivity contribution is 5.83. The summed E-state index contributed by atoms with van der Waals surface area (Å²) in [5.74, 6) is -0.109. The Hall–Kier alpha value is -2.14. The van der Waals surface area contributed by atoms with Gasteiger partial charge in [-0.1, -0.05) is 6.08 Å². The van der Waals surface area contributed by atoms with E-state index < -0.39 is 0 Å². The minimum Gasteiger partial charge on any atom is -0.392 e. The van der Waals surface area contributed by atoms with Crippen molar-refractivity contribution in [2.75, 3.05) is 6.54 Å². The molecule has 0 atom stereocenters. The average Bonchev–Trinajstić information content (AvgIpc) is 2.75. The van der Waals surface area contributed by atoms with E-state index in [-0.39, 0.29) is 19.1 Å². The molecule has 2 rings (SSSR count). The number of aromatic nitrogens is 2. The Balaban J connectivity index is 2.28. The molecule has 94 valence electrons. The predicted octanol–water partition coefficient (Wildman–Crippen LogP) is 0.831. The quantitative estimate of drug-likeness (QED) is 0.767. The number of amides is 1. The van der Waals surface area contributed by atoms with Crippen LogP contribution in [0.25, 0.3) is 11.0 Å². The third-order valence-corrected chi connectivity index (χ3v) is 2.64. The molecule has 0 saturated carbocycles. The Morgan fingerprint density at radius 1 is 1.61 bits per heavy atom. The number of carbonyl (C=O) groups excluding carboxylic acids is 1. The maximum absolute atomic E-state index is 11.6. The van der Waals surface area contributed by atoms with Crippen LogP contribution in [0.4, 0.5) is 0 Å². The summed E-state index contributed by atoms with van der Waals surface area (Å²) >= 11 is 0. The lowest BCUT2D eigenvalue weighted by Crippen LogP contribution is -2.27. The van der Waals surface area contributed by atoms with Crippen LogP contribution in [-0.4, -0.2) is 27.1 Å². The molecule has 0 aliphatic carbocycles. The molecule has 0 spiro atoms. The summed E-state index contributed by atoms with van der Waals surface area (Å²) in [6, 6.07) is 3.69. The molecule has 0 saturated heterocycles. The van der Waals surface area contributed by atoms with Gasteiger partial charge in [-0.25, -0.2) is 4.98 Å². The molecular formula is C13H15N3O2. The van der Waals surface area contributed by atoms with Crippen molar-refractivity contribution in [3.8, 4) is 0 Å². The number of nitrogens with zero attached hydrogens (tertiary/aromatic N) is 2. The molecular weight excluding hydrogens is 230 g/mol. The first-order chi connectivity index (χ1) is 8.76. The van der Waals surface area contributed by atoms with Gasteiger partial charge in [-0.15, -0.1) is 6.58 Å². The van der Waals surface area contributed by atoms with Crippen molar-refractivity contribution < 1.29 is 9.90 Å². The summed E-state index contributed by atoms with van der Waals surface area (Å²) < 4.78 is 1.74. The van der Waals surface area contributed by atoms with E-state index >= 15 is 0 Å². The first kappa shape index (κ1) is 12.3. The van der Waals surface area contributed by atoms with Crippen LogP contribution in [0, 0.1) is 0 Å². The van der Waals surface area contributed by atoms with Crippen molar-refractivity contribution >= 4 is 16.9 Å². The maximum Gasteiger partial charge on any atom is 0.240 e. The molecule has 2 aromatic heterocycles. The highest BCUT2D eigenvalue weighted by Gasteiger charge is 2.10. The summed E-state index contributed by atoms with van der Waals surface area (Å²) in [6.07, 6.45) is 5.05. The standard InChI is InChI=1S/C13H15N3O2/c1-2-5-14-12(18)8-16-7-10(9-17)11-4-3-6-15-13(11)16/h2-4,6-7,17H,1,5,8-9H2,(H,14,18). The monoisotopic (exact) mass is 245 g/mol. The van der Waals surface area contributed by atoms with Crippen LogP contribution in [0.1, 0.15) is 5.56 Å². The van der Waals surface area contributed by atoms with Gasteiger partial charge in [0.25, 0.3) is 0 Å². The van der Waals surface area contributed by atoms with E-state index in [9.17, 15) is 9.90 Å². The third-order valence-electron chi connectivity index (χ3n) is 2.64. The van der Waals surface area contributed by atoms with Crippen LogP contribution in [-0.2, 0) is 17.9 Å². The molecule has 5 nitrogen and oxygen atoms in total. The Bertz CT molecular complexity index is 575. The second-order valence-electron chi connectivity index (χ2n) is 3.91. The molecule has 0 aromatic carbocycles. The first-order valence-corrected chi connectivity index (χ1v) is 5.67. The highest BCUT2D eigenvalue weighted by Crippen LogP contribution is 2.18. The van der Waals surface area contributed by atoms with Crippen molar-refractivity contribution in [3.05, 3.63) is 42.7 Å². The molecule has 2 aromatic rings. The molecule has 1 amide bonds. The van der Waals surface area contributed by atoms with Crippen LogP contribution >= 0.6 is 0 Å². The van der Waals surface area contributed by atoms with E-state index in [1.807, 2.05) is 12.1 Å². The molecule has 18 heavy (non-hydrogen) atoms. The molecule has 0 unspecified atom stereocenters. The van der Waals surface area contributed by atoms with E-state index in [0.717, 1.165) is 10.9 Å². The van der Waals surface area contributed by atoms with Gasteiger partial charge in [0.05, 0.1) is 6.61 Å². The van der Waals surface area contributed by atoms with Crippen LogP contribution < -0.4 is 5.32 Å². The number of aliphatic hydroxyl groups excluding tert-OH is 1. The van der Waals surface area contributed by atoms with Gasteiger partial charge in [-0.05, 0) is 12.1 Å². The highest BCUT2D eigenvalue weighted by atomic mass is 16.3. The van der Waals surface area contributed by atoms with Crippen molar-refractivity contribution in [1.82, 2.24) is 14.9 Å². The number of aliphatic hydroxyl groups is 1. The van der Waals surface area contributed by atoms with Crippen LogP contribution in [0.15, 0.2) is 37.2 Å². The summed E-state index contributed by atoms with van der Waals surface area (Å²) in [7, 11) is 0. The molecule has 2 heterocycles. The van der Waals surface area contributed by atoms with Crippen molar-refractivity contribution in [3.63, 3.8) is 0 Å². The SMILES string of the molecule is C=CCNC(=O)Cn1cc(CO)c2cccnc21. The van der Waals surface area contributed by atoms with Gasteiger partial charge in [0.15, 0.2) is 0 Å². The zero-order chi connectivity index (χ0) is 13.0. The summed E-state index contributed by atoms with van der Waals surface area (Å²) in [5, 5.41) is 12.8. The second kappa shape index (κ2) is 5.46. The maximum atomic E-state index is 11.6. The van der Waals surface area contributed by atoms with Crippen LogP contribution in [0.2, 0.25) is 0 Å². The smallest absolute Gasteiger partial charge is 0.240 e. The summed E-state index contributed by atoms with van der Waals surface area (Å²) in [4.78, 5) is 15.9. The second-order valence-corrected chi connectivity index (χ2v) is 3.91. The van der Waals surface area contributed by atoms with E-state index in [0.29, 0.717) is 12.2 Å². The lowest BCUT2D eigenvalue weighted by atomic mass is 10.2. The molecule has 0 bridgehead atoms.